The maximum Gasteiger partial charge on any atom is 0.314 e. The minimum atomic E-state index is -0.663. The van der Waals surface area contributed by atoms with Gasteiger partial charge in [-0.1, -0.05) is 30.7 Å². The van der Waals surface area contributed by atoms with Gasteiger partial charge in [-0.2, -0.15) is 0 Å². The van der Waals surface area contributed by atoms with Crippen LogP contribution in [-0.4, -0.2) is 11.1 Å². The third-order valence-corrected chi connectivity index (χ3v) is 4.20. The second-order valence-corrected chi connectivity index (χ2v) is 5.14. The van der Waals surface area contributed by atoms with Gasteiger partial charge in [0.25, 0.3) is 0 Å². The van der Waals surface area contributed by atoms with Crippen LogP contribution in [0.25, 0.3) is 0 Å². The maximum atomic E-state index is 11.2. The van der Waals surface area contributed by atoms with Crippen LogP contribution in [0.5, 0.6) is 0 Å². The Bertz CT molecular complexity index is 411. The number of benzene rings is 1. The normalized spacial score (nSPS) is 22.5. The van der Waals surface area contributed by atoms with Gasteiger partial charge in [-0.05, 0) is 42.7 Å². The van der Waals surface area contributed by atoms with Crippen molar-refractivity contribution in [1.29, 1.82) is 0 Å². The van der Waals surface area contributed by atoms with Crippen LogP contribution < -0.4 is 0 Å². The lowest BCUT2D eigenvalue weighted by molar-refractivity contribution is -0.140. The lowest BCUT2D eigenvalue weighted by Gasteiger charge is -2.26. The zero-order valence-electron chi connectivity index (χ0n) is 9.28. The highest BCUT2D eigenvalue weighted by Gasteiger charge is 2.51. The van der Waals surface area contributed by atoms with Crippen molar-refractivity contribution in [1.82, 2.24) is 0 Å². The highest BCUT2D eigenvalue weighted by Crippen LogP contribution is 2.48. The molecule has 1 aromatic carbocycles. The molecule has 2 saturated carbocycles. The molecule has 0 atom stereocenters. The second kappa shape index (κ2) is 3.34. The Morgan fingerprint density at radius 3 is 2.19 bits per heavy atom. The van der Waals surface area contributed by atoms with E-state index in [2.05, 4.69) is 12.1 Å². The topological polar surface area (TPSA) is 37.3 Å². The van der Waals surface area contributed by atoms with Gasteiger partial charge in [0.05, 0.1) is 5.41 Å². The quantitative estimate of drug-likeness (QED) is 0.843. The van der Waals surface area contributed by atoms with Gasteiger partial charge in [-0.15, -0.1) is 0 Å². The molecule has 1 aromatic rings. The minimum Gasteiger partial charge on any atom is -0.481 e. The van der Waals surface area contributed by atoms with E-state index in [4.69, 9.17) is 0 Å². The first-order valence-corrected chi connectivity index (χ1v) is 6.06. The highest BCUT2D eigenvalue weighted by molar-refractivity contribution is 5.84. The van der Waals surface area contributed by atoms with E-state index >= 15 is 0 Å². The zero-order valence-corrected chi connectivity index (χ0v) is 9.28. The number of carbonyl (C=O) groups is 1. The molecule has 0 unspecified atom stereocenters. The molecule has 0 aromatic heterocycles. The third kappa shape index (κ3) is 1.36. The van der Waals surface area contributed by atoms with Gasteiger partial charge in [-0.3, -0.25) is 4.79 Å². The average molecular weight is 216 g/mol. The van der Waals surface area contributed by atoms with Gasteiger partial charge in [0.15, 0.2) is 0 Å². The van der Waals surface area contributed by atoms with Crippen LogP contribution in [0.1, 0.15) is 49.1 Å². The molecule has 0 saturated heterocycles. The molecule has 0 radical (unpaired) electrons. The molecule has 84 valence electrons. The summed E-state index contributed by atoms with van der Waals surface area (Å²) in [6.45, 7) is 0. The molecule has 16 heavy (non-hydrogen) atoms. The van der Waals surface area contributed by atoms with Crippen molar-refractivity contribution in [2.24, 2.45) is 0 Å². The van der Waals surface area contributed by atoms with Gasteiger partial charge < -0.3 is 5.11 Å². The fraction of sp³-hybridized carbons (Fsp3) is 0.500. The molecule has 0 bridgehead atoms. The summed E-state index contributed by atoms with van der Waals surface area (Å²) in [5.74, 6) is 0.0675. The van der Waals surface area contributed by atoms with E-state index in [0.717, 1.165) is 24.3 Å². The predicted molar refractivity (Wildman–Crippen MR) is 61.6 cm³/mol. The monoisotopic (exact) mass is 216 g/mol. The summed E-state index contributed by atoms with van der Waals surface area (Å²) in [6, 6.07) is 8.30. The number of hydrogen-bond acceptors (Lipinski definition) is 1. The smallest absolute Gasteiger partial charge is 0.314 e. The molecule has 0 heterocycles. The molecule has 2 heteroatoms. The molecule has 2 nitrogen and oxygen atoms in total. The Morgan fingerprint density at radius 1 is 1.19 bits per heavy atom. The number of carboxylic acids is 1. The van der Waals surface area contributed by atoms with E-state index < -0.39 is 11.4 Å². The lowest BCUT2D eigenvalue weighted by atomic mass is 9.79. The zero-order chi connectivity index (χ0) is 11.2. The van der Waals surface area contributed by atoms with Crippen LogP contribution in [-0.2, 0) is 10.2 Å². The van der Waals surface area contributed by atoms with E-state index in [1.165, 1.54) is 24.8 Å². The first kappa shape index (κ1) is 9.88. The molecule has 0 aliphatic heterocycles. The van der Waals surface area contributed by atoms with Crippen LogP contribution in [0.15, 0.2) is 24.3 Å². The summed E-state index contributed by atoms with van der Waals surface area (Å²) in [7, 11) is 0. The first-order valence-electron chi connectivity index (χ1n) is 6.06. The lowest BCUT2D eigenvalue weighted by Crippen LogP contribution is -2.19. The molecular formula is C14H16O2. The van der Waals surface area contributed by atoms with E-state index in [1.807, 2.05) is 12.1 Å². The fourth-order valence-electron chi connectivity index (χ4n) is 2.57. The number of rotatable bonds is 3. The molecule has 0 spiro atoms. The molecule has 3 rings (SSSR count). The summed E-state index contributed by atoms with van der Waals surface area (Å²) >= 11 is 0. The fourth-order valence-corrected chi connectivity index (χ4v) is 2.57. The van der Waals surface area contributed by atoms with Gasteiger partial charge >= 0.3 is 5.97 Å². The van der Waals surface area contributed by atoms with E-state index in [-0.39, 0.29) is 0 Å². The summed E-state index contributed by atoms with van der Waals surface area (Å²) in [6.07, 6.45) is 5.52. The molecule has 0 amide bonds. The average Bonchev–Trinajstić information content (AvgIpc) is 2.97. The minimum absolute atomic E-state index is 0.544. The Morgan fingerprint density at radius 2 is 1.81 bits per heavy atom. The van der Waals surface area contributed by atoms with E-state index in [1.54, 1.807) is 0 Å². The third-order valence-electron chi connectivity index (χ3n) is 4.20. The van der Waals surface area contributed by atoms with Gasteiger partial charge in [0, 0.05) is 0 Å². The van der Waals surface area contributed by atoms with Gasteiger partial charge in [-0.25, -0.2) is 0 Å². The number of hydrogen-bond donors (Lipinski definition) is 1. The molecule has 1 N–H and O–H groups in total. The van der Waals surface area contributed by atoms with Crippen molar-refractivity contribution in [2.45, 2.75) is 43.4 Å². The van der Waals surface area contributed by atoms with Gasteiger partial charge in [0.1, 0.15) is 0 Å². The number of aliphatic carboxylic acids is 1. The molecular weight excluding hydrogens is 200 g/mol. The largest absolute Gasteiger partial charge is 0.481 e. The van der Waals surface area contributed by atoms with Crippen molar-refractivity contribution in [3.05, 3.63) is 35.4 Å². The highest BCUT2D eigenvalue weighted by atomic mass is 16.4. The summed E-state index contributed by atoms with van der Waals surface area (Å²) in [4.78, 5) is 11.2. The summed E-state index contributed by atoms with van der Waals surface area (Å²) in [5, 5.41) is 9.19. The Labute approximate surface area is 95.3 Å². The SMILES string of the molecule is O=C(O)C1(c2ccc(C3CCC3)cc2)CC1. The number of carboxylic acid groups (broad SMARTS) is 1. The summed E-state index contributed by atoms with van der Waals surface area (Å²) < 4.78 is 0. The molecule has 2 aliphatic rings. The first-order chi connectivity index (χ1) is 7.72. The van der Waals surface area contributed by atoms with Crippen LogP contribution in [0.3, 0.4) is 0 Å². The van der Waals surface area contributed by atoms with Crippen molar-refractivity contribution >= 4 is 5.97 Å². The Kier molecular flexibility index (Phi) is 2.06. The van der Waals surface area contributed by atoms with Crippen LogP contribution in [0, 0.1) is 0 Å². The van der Waals surface area contributed by atoms with Crippen molar-refractivity contribution in [3.63, 3.8) is 0 Å². The Hall–Kier alpha value is -1.31. The van der Waals surface area contributed by atoms with Gasteiger partial charge in [0.2, 0.25) is 0 Å². The standard InChI is InChI=1S/C14H16O2/c15-13(16)14(8-9-14)12-6-4-11(5-7-12)10-2-1-3-10/h4-7,10H,1-3,8-9H2,(H,15,16). The van der Waals surface area contributed by atoms with Crippen molar-refractivity contribution < 1.29 is 9.90 Å². The van der Waals surface area contributed by atoms with Crippen molar-refractivity contribution in [2.75, 3.05) is 0 Å². The molecule has 2 fully saturated rings. The van der Waals surface area contributed by atoms with Crippen LogP contribution in [0.4, 0.5) is 0 Å². The Balaban J connectivity index is 1.85. The van der Waals surface area contributed by atoms with E-state index in [0.29, 0.717) is 0 Å². The molecule has 2 aliphatic carbocycles. The predicted octanol–water partition coefficient (Wildman–Crippen LogP) is 3.07. The summed E-state index contributed by atoms with van der Waals surface area (Å²) in [5.41, 5.74) is 1.83. The van der Waals surface area contributed by atoms with Crippen LogP contribution in [0.2, 0.25) is 0 Å². The maximum absolute atomic E-state index is 11.2. The van der Waals surface area contributed by atoms with Crippen LogP contribution >= 0.6 is 0 Å². The van der Waals surface area contributed by atoms with E-state index in [9.17, 15) is 9.90 Å². The second-order valence-electron chi connectivity index (χ2n) is 5.14. The van der Waals surface area contributed by atoms with Crippen molar-refractivity contribution in [3.8, 4) is 0 Å².